The predicted molar refractivity (Wildman–Crippen MR) is 73.6 cm³/mol. The van der Waals surface area contributed by atoms with E-state index >= 15 is 0 Å². The van der Waals surface area contributed by atoms with Crippen LogP contribution in [0.4, 0.5) is 0 Å². The second-order valence-electron chi connectivity index (χ2n) is 5.19. The SMILES string of the molecule is CCCCCCCC[N+](C)(C)CCCBr.[Cl-]. The fourth-order valence-corrected chi connectivity index (χ4v) is 2.17. The van der Waals surface area contributed by atoms with Gasteiger partial charge in [-0.3, -0.25) is 0 Å². The van der Waals surface area contributed by atoms with E-state index in [4.69, 9.17) is 0 Å². The van der Waals surface area contributed by atoms with E-state index < -0.39 is 0 Å². The smallest absolute Gasteiger partial charge is 0.0790 e. The van der Waals surface area contributed by atoms with Crippen molar-refractivity contribution in [2.24, 2.45) is 0 Å². The normalized spacial score (nSPS) is 11.2. The molecule has 0 aromatic heterocycles. The second kappa shape index (κ2) is 12.2. The molecule has 0 N–H and O–H groups in total. The van der Waals surface area contributed by atoms with E-state index in [0.29, 0.717) is 0 Å². The van der Waals surface area contributed by atoms with Crippen LogP contribution in [0.2, 0.25) is 0 Å². The summed E-state index contributed by atoms with van der Waals surface area (Å²) in [7, 11) is 4.71. The number of nitrogens with zero attached hydrogens (tertiary/aromatic N) is 1. The van der Waals surface area contributed by atoms with Gasteiger partial charge in [0, 0.05) is 11.8 Å². The zero-order chi connectivity index (χ0) is 11.6. The summed E-state index contributed by atoms with van der Waals surface area (Å²) in [5, 5.41) is 1.14. The zero-order valence-corrected chi connectivity index (χ0v) is 13.6. The van der Waals surface area contributed by atoms with Gasteiger partial charge in [0.15, 0.2) is 0 Å². The molecule has 0 aliphatic rings. The molecular weight excluding hydrogens is 286 g/mol. The van der Waals surface area contributed by atoms with Crippen molar-refractivity contribution in [3.63, 3.8) is 0 Å². The monoisotopic (exact) mass is 313 g/mol. The van der Waals surface area contributed by atoms with E-state index in [0.717, 1.165) is 5.33 Å². The third-order valence-electron chi connectivity index (χ3n) is 3.01. The molecule has 0 saturated heterocycles. The maximum atomic E-state index is 3.50. The summed E-state index contributed by atoms with van der Waals surface area (Å²) in [5.74, 6) is 0. The molecule has 0 saturated carbocycles. The van der Waals surface area contributed by atoms with Gasteiger partial charge in [-0.25, -0.2) is 0 Å². The van der Waals surface area contributed by atoms with Crippen LogP contribution in [0.25, 0.3) is 0 Å². The van der Waals surface area contributed by atoms with Crippen molar-refractivity contribution in [3.05, 3.63) is 0 Å². The van der Waals surface area contributed by atoms with Gasteiger partial charge in [-0.05, 0) is 12.8 Å². The highest BCUT2D eigenvalue weighted by atomic mass is 79.9. The highest BCUT2D eigenvalue weighted by Crippen LogP contribution is 2.09. The first kappa shape index (κ1) is 19.1. The lowest BCUT2D eigenvalue weighted by Gasteiger charge is -2.29. The molecular formula is C13H29BrClN. The maximum Gasteiger partial charge on any atom is 0.0790 e. The van der Waals surface area contributed by atoms with Crippen molar-refractivity contribution in [3.8, 4) is 0 Å². The minimum atomic E-state index is 0. The average molecular weight is 315 g/mol. The van der Waals surface area contributed by atoms with Gasteiger partial charge < -0.3 is 16.9 Å². The maximum absolute atomic E-state index is 3.50. The van der Waals surface area contributed by atoms with Crippen molar-refractivity contribution in [2.45, 2.75) is 51.9 Å². The number of rotatable bonds is 10. The Kier molecular flexibility index (Phi) is 14.5. The van der Waals surface area contributed by atoms with Gasteiger partial charge >= 0.3 is 0 Å². The van der Waals surface area contributed by atoms with Crippen LogP contribution in [0.1, 0.15) is 51.9 Å². The molecule has 0 atom stereocenters. The summed E-state index contributed by atoms with van der Waals surface area (Å²) in [6.07, 6.45) is 9.77. The Morgan fingerprint density at radius 2 is 1.31 bits per heavy atom. The Balaban J connectivity index is 0. The minimum absolute atomic E-state index is 0. The van der Waals surface area contributed by atoms with Crippen molar-refractivity contribution in [1.82, 2.24) is 0 Å². The Morgan fingerprint density at radius 3 is 1.88 bits per heavy atom. The summed E-state index contributed by atoms with van der Waals surface area (Å²) in [6.45, 7) is 4.93. The van der Waals surface area contributed by atoms with Crippen LogP contribution in [-0.2, 0) is 0 Å². The highest BCUT2D eigenvalue weighted by molar-refractivity contribution is 9.09. The largest absolute Gasteiger partial charge is 1.00 e. The van der Waals surface area contributed by atoms with Crippen LogP contribution >= 0.6 is 15.9 Å². The summed E-state index contributed by atoms with van der Waals surface area (Å²) in [4.78, 5) is 0. The molecule has 0 aromatic carbocycles. The fourth-order valence-electron chi connectivity index (χ4n) is 1.92. The summed E-state index contributed by atoms with van der Waals surface area (Å²) < 4.78 is 1.19. The van der Waals surface area contributed by atoms with E-state index in [9.17, 15) is 0 Å². The quantitative estimate of drug-likeness (QED) is 0.323. The number of unbranched alkanes of at least 4 members (excludes halogenated alkanes) is 5. The number of alkyl halides is 1. The van der Waals surface area contributed by atoms with Gasteiger partial charge in [-0.1, -0.05) is 48.5 Å². The van der Waals surface area contributed by atoms with Gasteiger partial charge in [-0.2, -0.15) is 0 Å². The Labute approximate surface area is 117 Å². The molecule has 1 nitrogen and oxygen atoms in total. The van der Waals surface area contributed by atoms with E-state index in [-0.39, 0.29) is 12.4 Å². The molecule has 0 radical (unpaired) electrons. The van der Waals surface area contributed by atoms with E-state index in [2.05, 4.69) is 36.9 Å². The molecule has 0 aromatic rings. The first-order valence-electron chi connectivity index (χ1n) is 6.50. The van der Waals surface area contributed by atoms with Crippen LogP contribution < -0.4 is 12.4 Å². The van der Waals surface area contributed by atoms with E-state index in [1.807, 2.05) is 0 Å². The summed E-state index contributed by atoms with van der Waals surface area (Å²) in [5.41, 5.74) is 0. The van der Waals surface area contributed by atoms with Crippen molar-refractivity contribution >= 4 is 15.9 Å². The van der Waals surface area contributed by atoms with Crippen molar-refractivity contribution in [1.29, 1.82) is 0 Å². The molecule has 3 heteroatoms. The van der Waals surface area contributed by atoms with Crippen LogP contribution in [0.5, 0.6) is 0 Å². The first-order chi connectivity index (χ1) is 7.12. The van der Waals surface area contributed by atoms with Crippen LogP contribution in [0.15, 0.2) is 0 Å². The molecule has 100 valence electrons. The van der Waals surface area contributed by atoms with E-state index in [1.165, 1.54) is 62.5 Å². The number of halogens is 2. The molecule has 0 aliphatic carbocycles. The Morgan fingerprint density at radius 1 is 0.812 bits per heavy atom. The average Bonchev–Trinajstić information content (AvgIpc) is 2.20. The van der Waals surface area contributed by atoms with Gasteiger partial charge in [0.2, 0.25) is 0 Å². The number of hydrogen-bond donors (Lipinski definition) is 0. The molecule has 0 amide bonds. The number of quaternary nitrogens is 1. The lowest BCUT2D eigenvalue weighted by molar-refractivity contribution is -0.890. The van der Waals surface area contributed by atoms with Gasteiger partial charge in [-0.15, -0.1) is 0 Å². The lowest BCUT2D eigenvalue weighted by atomic mass is 10.1. The van der Waals surface area contributed by atoms with E-state index in [1.54, 1.807) is 0 Å². The Hall–Kier alpha value is 0.730. The second-order valence-corrected chi connectivity index (χ2v) is 5.99. The molecule has 16 heavy (non-hydrogen) atoms. The van der Waals surface area contributed by atoms with Crippen molar-refractivity contribution < 1.29 is 16.9 Å². The van der Waals surface area contributed by atoms with Crippen LogP contribution in [-0.4, -0.2) is 37.0 Å². The molecule has 0 heterocycles. The molecule has 0 rings (SSSR count). The first-order valence-corrected chi connectivity index (χ1v) is 7.62. The summed E-state index contributed by atoms with van der Waals surface area (Å²) in [6, 6.07) is 0. The molecule has 0 bridgehead atoms. The zero-order valence-electron chi connectivity index (χ0n) is 11.3. The molecule has 0 aliphatic heterocycles. The lowest BCUT2D eigenvalue weighted by Crippen LogP contribution is -3.00. The third-order valence-corrected chi connectivity index (χ3v) is 3.57. The predicted octanol–water partition coefficient (Wildman–Crippen LogP) is 1.21. The molecule has 0 unspecified atom stereocenters. The van der Waals surface area contributed by atoms with Crippen LogP contribution in [0, 0.1) is 0 Å². The summed E-state index contributed by atoms with van der Waals surface area (Å²) >= 11 is 3.50. The Bertz CT molecular complexity index is 140. The van der Waals surface area contributed by atoms with Crippen LogP contribution in [0.3, 0.4) is 0 Å². The highest BCUT2D eigenvalue weighted by Gasteiger charge is 2.12. The standard InChI is InChI=1S/C13H29BrN.ClH/c1-4-5-6-7-8-9-12-15(2,3)13-10-11-14;/h4-13H2,1-3H3;1H/q+1;/p-1. The third kappa shape index (κ3) is 12.8. The number of hydrogen-bond acceptors (Lipinski definition) is 0. The van der Waals surface area contributed by atoms with Gasteiger partial charge in [0.1, 0.15) is 0 Å². The minimum Gasteiger partial charge on any atom is -1.00 e. The topological polar surface area (TPSA) is 0 Å². The van der Waals surface area contributed by atoms with Gasteiger partial charge in [0.05, 0.1) is 27.2 Å². The molecule has 0 spiro atoms. The fraction of sp³-hybridized carbons (Fsp3) is 1.00. The van der Waals surface area contributed by atoms with Crippen molar-refractivity contribution in [2.75, 3.05) is 32.5 Å². The molecule has 0 fully saturated rings. The van der Waals surface area contributed by atoms with Gasteiger partial charge in [0.25, 0.3) is 0 Å².